The van der Waals surface area contributed by atoms with E-state index in [2.05, 4.69) is 10.5 Å². The molecule has 88 valence electrons. The Balaban J connectivity index is 2.31. The molecule has 1 aromatic rings. The molecule has 0 saturated heterocycles. The smallest absolute Gasteiger partial charge is 0.139 e. The third kappa shape index (κ3) is 4.08. The van der Waals surface area contributed by atoms with E-state index in [1.807, 2.05) is 24.3 Å². The SMILES string of the molecule is COc1cccc(NCCCC(N)=NO)c1. The second-order valence-electron chi connectivity index (χ2n) is 3.35. The van der Waals surface area contributed by atoms with Crippen molar-refractivity contribution in [3.63, 3.8) is 0 Å². The van der Waals surface area contributed by atoms with Gasteiger partial charge >= 0.3 is 0 Å². The third-order valence-corrected chi connectivity index (χ3v) is 2.14. The van der Waals surface area contributed by atoms with Crippen molar-refractivity contribution in [1.29, 1.82) is 0 Å². The van der Waals surface area contributed by atoms with E-state index in [-0.39, 0.29) is 5.84 Å². The highest BCUT2D eigenvalue weighted by atomic mass is 16.5. The minimum absolute atomic E-state index is 0.257. The molecule has 0 aromatic heterocycles. The molecular weight excluding hydrogens is 206 g/mol. The van der Waals surface area contributed by atoms with Crippen LogP contribution in [0, 0.1) is 0 Å². The number of nitrogens with zero attached hydrogens (tertiary/aromatic N) is 1. The topological polar surface area (TPSA) is 79.9 Å². The molecule has 0 heterocycles. The number of ether oxygens (including phenoxy) is 1. The summed E-state index contributed by atoms with van der Waals surface area (Å²) in [4.78, 5) is 0. The Hall–Kier alpha value is -1.91. The maximum atomic E-state index is 8.35. The summed E-state index contributed by atoms with van der Waals surface area (Å²) >= 11 is 0. The molecule has 0 spiro atoms. The summed E-state index contributed by atoms with van der Waals surface area (Å²) < 4.78 is 5.10. The zero-order valence-corrected chi connectivity index (χ0v) is 9.31. The lowest BCUT2D eigenvalue weighted by atomic mass is 10.2. The van der Waals surface area contributed by atoms with E-state index >= 15 is 0 Å². The van der Waals surface area contributed by atoms with Gasteiger partial charge in [0.25, 0.3) is 0 Å². The summed E-state index contributed by atoms with van der Waals surface area (Å²) in [5.41, 5.74) is 6.35. The normalized spacial score (nSPS) is 11.2. The zero-order valence-electron chi connectivity index (χ0n) is 9.31. The summed E-state index contributed by atoms with van der Waals surface area (Å²) in [5.74, 6) is 1.08. The van der Waals surface area contributed by atoms with Crippen LogP contribution in [0.4, 0.5) is 5.69 Å². The number of benzene rings is 1. The van der Waals surface area contributed by atoms with Gasteiger partial charge in [0.15, 0.2) is 0 Å². The number of methoxy groups -OCH3 is 1. The number of hydrogen-bond donors (Lipinski definition) is 3. The van der Waals surface area contributed by atoms with E-state index in [1.165, 1.54) is 0 Å². The maximum Gasteiger partial charge on any atom is 0.139 e. The number of anilines is 1. The molecule has 0 aliphatic heterocycles. The van der Waals surface area contributed by atoms with E-state index in [0.717, 1.165) is 24.4 Å². The lowest BCUT2D eigenvalue weighted by molar-refractivity contribution is 0.316. The Morgan fingerprint density at radius 2 is 2.38 bits per heavy atom. The Morgan fingerprint density at radius 1 is 1.56 bits per heavy atom. The predicted octanol–water partition coefficient (Wildman–Crippen LogP) is 1.63. The summed E-state index contributed by atoms with van der Waals surface area (Å²) in [6, 6.07) is 7.70. The standard InChI is InChI=1S/C11H17N3O2/c1-16-10-5-2-4-9(8-10)13-7-3-6-11(12)14-15/h2,4-5,8,13,15H,3,6-7H2,1H3,(H2,12,14). The first-order valence-corrected chi connectivity index (χ1v) is 5.10. The van der Waals surface area contributed by atoms with Crippen molar-refractivity contribution >= 4 is 11.5 Å². The van der Waals surface area contributed by atoms with Gasteiger partial charge in [-0.05, 0) is 18.6 Å². The highest BCUT2D eigenvalue weighted by Crippen LogP contribution is 2.16. The van der Waals surface area contributed by atoms with Crippen molar-refractivity contribution in [3.8, 4) is 5.75 Å². The highest BCUT2D eigenvalue weighted by Gasteiger charge is 1.96. The van der Waals surface area contributed by atoms with E-state index in [1.54, 1.807) is 7.11 Å². The van der Waals surface area contributed by atoms with Crippen molar-refractivity contribution in [3.05, 3.63) is 24.3 Å². The van der Waals surface area contributed by atoms with Crippen molar-refractivity contribution in [2.24, 2.45) is 10.9 Å². The van der Waals surface area contributed by atoms with Crippen LogP contribution in [0.25, 0.3) is 0 Å². The lowest BCUT2D eigenvalue weighted by Gasteiger charge is -2.07. The van der Waals surface area contributed by atoms with Gasteiger partial charge in [-0.15, -0.1) is 0 Å². The van der Waals surface area contributed by atoms with Crippen LogP contribution >= 0.6 is 0 Å². The van der Waals surface area contributed by atoms with Crippen LogP contribution in [-0.4, -0.2) is 24.7 Å². The van der Waals surface area contributed by atoms with Crippen molar-refractivity contribution in [1.82, 2.24) is 0 Å². The van der Waals surface area contributed by atoms with Gasteiger partial charge in [0.1, 0.15) is 11.6 Å². The Morgan fingerprint density at radius 3 is 3.06 bits per heavy atom. The van der Waals surface area contributed by atoms with Gasteiger partial charge in [-0.25, -0.2) is 0 Å². The van der Waals surface area contributed by atoms with Crippen molar-refractivity contribution in [2.45, 2.75) is 12.8 Å². The van der Waals surface area contributed by atoms with Gasteiger partial charge in [0, 0.05) is 24.7 Å². The minimum Gasteiger partial charge on any atom is -0.497 e. The molecule has 0 amide bonds. The van der Waals surface area contributed by atoms with Crippen LogP contribution in [0.1, 0.15) is 12.8 Å². The summed E-state index contributed by atoms with van der Waals surface area (Å²) in [6.07, 6.45) is 1.39. The van der Waals surface area contributed by atoms with E-state index in [9.17, 15) is 0 Å². The molecule has 0 saturated carbocycles. The second kappa shape index (κ2) is 6.55. The number of nitrogens with one attached hydrogen (secondary N) is 1. The average molecular weight is 223 g/mol. The highest BCUT2D eigenvalue weighted by molar-refractivity contribution is 5.79. The molecule has 0 aliphatic rings. The van der Waals surface area contributed by atoms with Crippen molar-refractivity contribution in [2.75, 3.05) is 19.0 Å². The lowest BCUT2D eigenvalue weighted by Crippen LogP contribution is -2.13. The molecule has 0 atom stereocenters. The fourth-order valence-electron chi connectivity index (χ4n) is 1.29. The fraction of sp³-hybridized carbons (Fsp3) is 0.364. The summed E-state index contributed by atoms with van der Waals surface area (Å²) in [6.45, 7) is 0.767. The van der Waals surface area contributed by atoms with E-state index < -0.39 is 0 Å². The molecule has 1 aromatic carbocycles. The first-order chi connectivity index (χ1) is 7.76. The fourth-order valence-corrected chi connectivity index (χ4v) is 1.29. The molecule has 0 radical (unpaired) electrons. The zero-order chi connectivity index (χ0) is 11.8. The first-order valence-electron chi connectivity index (χ1n) is 5.10. The van der Waals surface area contributed by atoms with Crippen LogP contribution < -0.4 is 15.8 Å². The summed E-state index contributed by atoms with van der Waals surface area (Å²) in [7, 11) is 1.64. The van der Waals surface area contributed by atoms with Gasteiger partial charge < -0.3 is 21.0 Å². The van der Waals surface area contributed by atoms with Gasteiger partial charge in [-0.2, -0.15) is 0 Å². The molecule has 0 aliphatic carbocycles. The predicted molar refractivity (Wildman–Crippen MR) is 64.1 cm³/mol. The quantitative estimate of drug-likeness (QED) is 0.225. The van der Waals surface area contributed by atoms with Crippen LogP contribution in [0.2, 0.25) is 0 Å². The van der Waals surface area contributed by atoms with Gasteiger partial charge in [-0.3, -0.25) is 0 Å². The minimum atomic E-state index is 0.257. The molecule has 0 unspecified atom stereocenters. The number of oxime groups is 1. The largest absolute Gasteiger partial charge is 0.497 e. The molecular formula is C11H17N3O2. The number of rotatable bonds is 6. The average Bonchev–Trinajstić information content (AvgIpc) is 2.34. The van der Waals surface area contributed by atoms with E-state index in [4.69, 9.17) is 15.7 Å². The Kier molecular flexibility index (Phi) is 4.98. The second-order valence-corrected chi connectivity index (χ2v) is 3.35. The monoisotopic (exact) mass is 223 g/mol. The molecule has 5 nitrogen and oxygen atoms in total. The van der Waals surface area contributed by atoms with Gasteiger partial charge in [0.05, 0.1) is 7.11 Å². The van der Waals surface area contributed by atoms with Crippen LogP contribution in [-0.2, 0) is 0 Å². The summed E-state index contributed by atoms with van der Waals surface area (Å²) in [5, 5.41) is 14.5. The van der Waals surface area contributed by atoms with Gasteiger partial charge in [-0.1, -0.05) is 11.2 Å². The third-order valence-electron chi connectivity index (χ3n) is 2.14. The maximum absolute atomic E-state index is 8.35. The van der Waals surface area contributed by atoms with Crippen LogP contribution in [0.3, 0.4) is 0 Å². The molecule has 0 bridgehead atoms. The van der Waals surface area contributed by atoms with Gasteiger partial charge in [0.2, 0.25) is 0 Å². The Bertz CT molecular complexity index is 353. The molecule has 16 heavy (non-hydrogen) atoms. The van der Waals surface area contributed by atoms with Crippen LogP contribution in [0.5, 0.6) is 5.75 Å². The Labute approximate surface area is 94.9 Å². The number of nitrogens with two attached hydrogens (primary N) is 1. The molecule has 1 rings (SSSR count). The van der Waals surface area contributed by atoms with Crippen molar-refractivity contribution < 1.29 is 9.94 Å². The number of hydrogen-bond acceptors (Lipinski definition) is 4. The molecule has 5 heteroatoms. The number of amidine groups is 1. The molecule has 0 fully saturated rings. The first kappa shape index (κ1) is 12.2. The van der Waals surface area contributed by atoms with Crippen LogP contribution in [0.15, 0.2) is 29.4 Å². The molecule has 4 N–H and O–H groups in total. The van der Waals surface area contributed by atoms with E-state index in [0.29, 0.717) is 6.42 Å².